The predicted octanol–water partition coefficient (Wildman–Crippen LogP) is 3.35. The van der Waals surface area contributed by atoms with Crippen molar-refractivity contribution in [1.29, 1.82) is 0 Å². The average molecular weight is 276 g/mol. The number of hydrogen-bond donors (Lipinski definition) is 2. The van der Waals surface area contributed by atoms with Crippen LogP contribution in [0.2, 0.25) is 0 Å². The van der Waals surface area contributed by atoms with E-state index in [-0.39, 0.29) is 11.8 Å². The second kappa shape index (κ2) is 9.13. The van der Waals surface area contributed by atoms with Crippen molar-refractivity contribution in [1.82, 2.24) is 5.32 Å². The largest absolute Gasteiger partial charge is 0.355 e. The minimum Gasteiger partial charge on any atom is -0.355 e. The van der Waals surface area contributed by atoms with Crippen LogP contribution in [0.5, 0.6) is 0 Å². The molecule has 20 heavy (non-hydrogen) atoms. The number of benzene rings is 1. The summed E-state index contributed by atoms with van der Waals surface area (Å²) >= 11 is 0. The number of unbranched alkanes of at least 4 members (excludes halogenated alkanes) is 4. The molecule has 1 aromatic rings. The lowest BCUT2D eigenvalue weighted by molar-refractivity contribution is -0.116. The number of anilines is 1. The Bertz CT molecular complexity index is 427. The van der Waals surface area contributed by atoms with Gasteiger partial charge in [-0.25, -0.2) is 0 Å². The number of carbonyl (C=O) groups is 2. The van der Waals surface area contributed by atoms with Crippen molar-refractivity contribution in [3.05, 3.63) is 29.8 Å². The first-order chi connectivity index (χ1) is 9.67. The van der Waals surface area contributed by atoms with Crippen molar-refractivity contribution in [3.63, 3.8) is 0 Å². The van der Waals surface area contributed by atoms with E-state index in [0.29, 0.717) is 12.0 Å². The molecule has 0 saturated carbocycles. The predicted molar refractivity (Wildman–Crippen MR) is 81.8 cm³/mol. The van der Waals surface area contributed by atoms with Gasteiger partial charge in [-0.15, -0.1) is 0 Å². The number of nitrogens with one attached hydrogen (secondary N) is 2. The van der Waals surface area contributed by atoms with E-state index >= 15 is 0 Å². The third-order valence-corrected chi connectivity index (χ3v) is 3.17. The minimum atomic E-state index is -0.126. The first kappa shape index (κ1) is 16.2. The highest BCUT2D eigenvalue weighted by molar-refractivity contribution is 5.95. The molecule has 2 N–H and O–H groups in total. The summed E-state index contributed by atoms with van der Waals surface area (Å²) in [4.78, 5) is 23.1. The van der Waals surface area contributed by atoms with Crippen LogP contribution < -0.4 is 10.6 Å². The van der Waals surface area contributed by atoms with Gasteiger partial charge in [0.05, 0.1) is 0 Å². The standard InChI is InChI=1S/C16H24N2O2/c1-3-4-5-6-7-8-15(19)18-14-11-9-13(10-12-14)16(20)17-2/h9-12H,3-8H2,1-2H3,(H,17,20)(H,18,19). The monoisotopic (exact) mass is 276 g/mol. The van der Waals surface area contributed by atoms with E-state index in [9.17, 15) is 9.59 Å². The van der Waals surface area contributed by atoms with Crippen LogP contribution in [0.3, 0.4) is 0 Å². The summed E-state index contributed by atoms with van der Waals surface area (Å²) in [5.74, 6) is -0.0898. The molecule has 0 saturated heterocycles. The Labute approximate surface area is 121 Å². The smallest absolute Gasteiger partial charge is 0.251 e. The molecule has 0 aliphatic carbocycles. The molecule has 110 valence electrons. The summed E-state index contributed by atoms with van der Waals surface area (Å²) < 4.78 is 0. The Kier molecular flexibility index (Phi) is 7.40. The van der Waals surface area contributed by atoms with Crippen LogP contribution in [-0.4, -0.2) is 18.9 Å². The van der Waals surface area contributed by atoms with E-state index < -0.39 is 0 Å². The van der Waals surface area contributed by atoms with Crippen LogP contribution >= 0.6 is 0 Å². The number of amides is 2. The zero-order chi connectivity index (χ0) is 14.8. The molecule has 0 aliphatic rings. The van der Waals surface area contributed by atoms with Gasteiger partial charge in [-0.2, -0.15) is 0 Å². The Hall–Kier alpha value is -1.84. The molecule has 0 aliphatic heterocycles. The molecular formula is C16H24N2O2. The summed E-state index contributed by atoms with van der Waals surface area (Å²) in [6.45, 7) is 2.18. The lowest BCUT2D eigenvalue weighted by Gasteiger charge is -2.06. The molecule has 2 amide bonds. The summed E-state index contributed by atoms with van der Waals surface area (Å²) in [6, 6.07) is 6.91. The van der Waals surface area contributed by atoms with Crippen molar-refractivity contribution < 1.29 is 9.59 Å². The van der Waals surface area contributed by atoms with Crippen molar-refractivity contribution in [2.45, 2.75) is 45.4 Å². The molecular weight excluding hydrogens is 252 g/mol. The van der Waals surface area contributed by atoms with Crippen LogP contribution in [0.4, 0.5) is 5.69 Å². The fourth-order valence-corrected chi connectivity index (χ4v) is 1.96. The van der Waals surface area contributed by atoms with Gasteiger partial charge in [0.25, 0.3) is 5.91 Å². The van der Waals surface area contributed by atoms with E-state index in [1.165, 1.54) is 19.3 Å². The fraction of sp³-hybridized carbons (Fsp3) is 0.500. The number of carbonyl (C=O) groups excluding carboxylic acids is 2. The first-order valence-electron chi connectivity index (χ1n) is 7.29. The van der Waals surface area contributed by atoms with Gasteiger partial charge in [-0.1, -0.05) is 32.6 Å². The molecule has 1 aromatic carbocycles. The molecule has 0 bridgehead atoms. The molecule has 0 spiro atoms. The lowest BCUT2D eigenvalue weighted by Crippen LogP contribution is -2.17. The first-order valence-corrected chi connectivity index (χ1v) is 7.29. The molecule has 4 heteroatoms. The van der Waals surface area contributed by atoms with Gasteiger partial charge in [0.15, 0.2) is 0 Å². The van der Waals surface area contributed by atoms with Crippen LogP contribution in [0.1, 0.15) is 55.8 Å². The van der Waals surface area contributed by atoms with Crippen molar-refractivity contribution >= 4 is 17.5 Å². The maximum absolute atomic E-state index is 11.7. The Morgan fingerprint density at radius 3 is 2.25 bits per heavy atom. The quantitative estimate of drug-likeness (QED) is 0.715. The fourth-order valence-electron chi connectivity index (χ4n) is 1.96. The van der Waals surface area contributed by atoms with E-state index in [4.69, 9.17) is 0 Å². The molecule has 0 radical (unpaired) electrons. The van der Waals surface area contributed by atoms with Crippen LogP contribution in [-0.2, 0) is 4.79 Å². The Morgan fingerprint density at radius 2 is 1.65 bits per heavy atom. The maximum Gasteiger partial charge on any atom is 0.251 e. The van der Waals surface area contributed by atoms with Gasteiger partial charge in [0.2, 0.25) is 5.91 Å². The Morgan fingerprint density at radius 1 is 1.00 bits per heavy atom. The van der Waals surface area contributed by atoms with Gasteiger partial charge >= 0.3 is 0 Å². The molecule has 0 aromatic heterocycles. The highest BCUT2D eigenvalue weighted by Crippen LogP contribution is 2.11. The normalized spacial score (nSPS) is 10.1. The maximum atomic E-state index is 11.7. The zero-order valence-corrected chi connectivity index (χ0v) is 12.4. The Balaban J connectivity index is 2.33. The van der Waals surface area contributed by atoms with Crippen molar-refractivity contribution in [2.75, 3.05) is 12.4 Å². The van der Waals surface area contributed by atoms with E-state index in [1.54, 1.807) is 31.3 Å². The second-order valence-electron chi connectivity index (χ2n) is 4.87. The van der Waals surface area contributed by atoms with Gasteiger partial charge in [-0.05, 0) is 30.7 Å². The van der Waals surface area contributed by atoms with Gasteiger partial charge in [0, 0.05) is 24.7 Å². The van der Waals surface area contributed by atoms with Crippen LogP contribution in [0.25, 0.3) is 0 Å². The summed E-state index contributed by atoms with van der Waals surface area (Å²) in [6.07, 6.45) is 6.25. The van der Waals surface area contributed by atoms with Gasteiger partial charge in [-0.3, -0.25) is 9.59 Å². The van der Waals surface area contributed by atoms with Crippen LogP contribution in [0, 0.1) is 0 Å². The summed E-state index contributed by atoms with van der Waals surface area (Å²) in [7, 11) is 1.59. The topological polar surface area (TPSA) is 58.2 Å². The van der Waals surface area contributed by atoms with Crippen molar-refractivity contribution in [2.24, 2.45) is 0 Å². The molecule has 1 rings (SSSR count). The number of hydrogen-bond acceptors (Lipinski definition) is 2. The molecule has 0 atom stereocenters. The molecule has 0 fully saturated rings. The SMILES string of the molecule is CCCCCCCC(=O)Nc1ccc(C(=O)NC)cc1. The zero-order valence-electron chi connectivity index (χ0n) is 12.4. The number of rotatable bonds is 8. The van der Waals surface area contributed by atoms with E-state index in [0.717, 1.165) is 18.5 Å². The summed E-state index contributed by atoms with van der Waals surface area (Å²) in [5.41, 5.74) is 1.32. The molecule has 4 nitrogen and oxygen atoms in total. The highest BCUT2D eigenvalue weighted by atomic mass is 16.2. The molecule has 0 unspecified atom stereocenters. The minimum absolute atomic E-state index is 0.0363. The van der Waals surface area contributed by atoms with Gasteiger partial charge in [0.1, 0.15) is 0 Å². The van der Waals surface area contributed by atoms with Crippen LogP contribution in [0.15, 0.2) is 24.3 Å². The summed E-state index contributed by atoms with van der Waals surface area (Å²) in [5, 5.41) is 5.41. The lowest BCUT2D eigenvalue weighted by atomic mass is 10.1. The molecule has 0 heterocycles. The third kappa shape index (κ3) is 5.87. The van der Waals surface area contributed by atoms with E-state index in [2.05, 4.69) is 17.6 Å². The second-order valence-corrected chi connectivity index (χ2v) is 4.87. The average Bonchev–Trinajstić information content (AvgIpc) is 2.47. The van der Waals surface area contributed by atoms with Gasteiger partial charge < -0.3 is 10.6 Å². The highest BCUT2D eigenvalue weighted by Gasteiger charge is 2.05. The van der Waals surface area contributed by atoms with Crippen molar-refractivity contribution in [3.8, 4) is 0 Å². The van der Waals surface area contributed by atoms with E-state index in [1.807, 2.05) is 0 Å². The third-order valence-electron chi connectivity index (χ3n) is 3.17.